The molecule has 0 radical (unpaired) electrons. The molecule has 0 bridgehead atoms. The average Bonchev–Trinajstić information content (AvgIpc) is 2.30. The Bertz CT molecular complexity index is 443. The molecule has 0 aliphatic rings. The average molecular weight is 252 g/mol. The van der Waals surface area contributed by atoms with Crippen molar-refractivity contribution in [2.24, 2.45) is 5.10 Å². The van der Waals surface area contributed by atoms with Crippen molar-refractivity contribution in [3.05, 3.63) is 30.1 Å². The second kappa shape index (κ2) is 7.16. The number of carbonyl (C=O) groups excluding carboxylic acids is 2. The maximum absolute atomic E-state index is 12.6. The van der Waals surface area contributed by atoms with Crippen LogP contribution in [0.5, 0.6) is 0 Å². The predicted octanol–water partition coefficient (Wildman–Crippen LogP) is 1.75. The summed E-state index contributed by atoms with van der Waals surface area (Å²) in [7, 11) is 0. The zero-order valence-electron chi connectivity index (χ0n) is 9.85. The highest BCUT2D eigenvalue weighted by Gasteiger charge is 2.04. The van der Waals surface area contributed by atoms with Crippen LogP contribution in [-0.4, -0.2) is 24.6 Å². The van der Waals surface area contributed by atoms with Crippen molar-refractivity contribution in [3.63, 3.8) is 0 Å². The Morgan fingerprint density at radius 1 is 1.39 bits per heavy atom. The van der Waals surface area contributed by atoms with Gasteiger partial charge in [-0.2, -0.15) is 5.10 Å². The van der Waals surface area contributed by atoms with E-state index >= 15 is 0 Å². The van der Waals surface area contributed by atoms with Crippen LogP contribution in [0.2, 0.25) is 0 Å². The Morgan fingerprint density at radius 3 is 2.67 bits per heavy atom. The maximum atomic E-state index is 12.6. The molecule has 5 nitrogen and oxygen atoms in total. The van der Waals surface area contributed by atoms with Crippen LogP contribution in [0.15, 0.2) is 29.4 Å². The fraction of sp³-hybridized carbons (Fsp3) is 0.250. The Balaban J connectivity index is 2.23. The Hall–Kier alpha value is -2.24. The van der Waals surface area contributed by atoms with Gasteiger partial charge in [0.1, 0.15) is 24.6 Å². The number of rotatable bonds is 6. The standard InChI is InChI=1S/C12H13FN2O3/c1-9(16)8-12(17)18-7-6-14-15-11-4-2-10(13)3-5-11/h2-6,15H,7-8H2,1H3. The van der Waals surface area contributed by atoms with Crippen molar-refractivity contribution in [2.45, 2.75) is 13.3 Å². The van der Waals surface area contributed by atoms with Gasteiger partial charge >= 0.3 is 5.97 Å². The largest absolute Gasteiger partial charge is 0.459 e. The number of hydrazone groups is 1. The summed E-state index contributed by atoms with van der Waals surface area (Å²) in [5, 5.41) is 3.76. The van der Waals surface area contributed by atoms with Gasteiger partial charge in [0.05, 0.1) is 11.9 Å². The Kier molecular flexibility index (Phi) is 5.50. The van der Waals surface area contributed by atoms with Crippen LogP contribution in [0, 0.1) is 5.82 Å². The number of ether oxygens (including phenoxy) is 1. The summed E-state index contributed by atoms with van der Waals surface area (Å²) in [6, 6.07) is 5.64. The number of esters is 1. The second-order valence-electron chi connectivity index (χ2n) is 3.49. The molecule has 0 amide bonds. The second-order valence-corrected chi connectivity index (χ2v) is 3.49. The first-order valence-corrected chi connectivity index (χ1v) is 5.26. The van der Waals surface area contributed by atoms with Gasteiger partial charge in [-0.25, -0.2) is 4.39 Å². The quantitative estimate of drug-likeness (QED) is 0.362. The highest BCUT2D eigenvalue weighted by Crippen LogP contribution is 2.07. The molecule has 0 spiro atoms. The van der Waals surface area contributed by atoms with Crippen LogP contribution in [0.1, 0.15) is 13.3 Å². The molecular weight excluding hydrogens is 239 g/mol. The third kappa shape index (κ3) is 5.74. The normalized spacial score (nSPS) is 10.3. The van der Waals surface area contributed by atoms with Crippen LogP contribution < -0.4 is 5.43 Å². The number of nitrogens with zero attached hydrogens (tertiary/aromatic N) is 1. The molecule has 0 fully saturated rings. The van der Waals surface area contributed by atoms with E-state index in [9.17, 15) is 14.0 Å². The lowest BCUT2D eigenvalue weighted by Crippen LogP contribution is -2.10. The summed E-state index contributed by atoms with van der Waals surface area (Å²) in [6.45, 7) is 1.28. The molecule has 18 heavy (non-hydrogen) atoms. The molecule has 1 aromatic carbocycles. The monoisotopic (exact) mass is 252 g/mol. The van der Waals surface area contributed by atoms with E-state index in [0.29, 0.717) is 5.69 Å². The number of nitrogens with one attached hydrogen (secondary N) is 1. The fourth-order valence-electron chi connectivity index (χ4n) is 1.07. The Morgan fingerprint density at radius 2 is 2.06 bits per heavy atom. The maximum Gasteiger partial charge on any atom is 0.313 e. The lowest BCUT2D eigenvalue weighted by atomic mass is 10.3. The topological polar surface area (TPSA) is 67.8 Å². The third-order valence-electron chi connectivity index (χ3n) is 1.84. The van der Waals surface area contributed by atoms with Crippen LogP contribution >= 0.6 is 0 Å². The summed E-state index contributed by atoms with van der Waals surface area (Å²) in [5.74, 6) is -1.17. The van der Waals surface area contributed by atoms with Gasteiger partial charge in [-0.1, -0.05) is 0 Å². The number of ketones is 1. The molecule has 96 valence electrons. The van der Waals surface area contributed by atoms with Crippen LogP contribution in [0.4, 0.5) is 10.1 Å². The molecule has 0 atom stereocenters. The minimum atomic E-state index is -0.587. The van der Waals surface area contributed by atoms with Gasteiger partial charge in [0.2, 0.25) is 0 Å². The van der Waals surface area contributed by atoms with E-state index in [4.69, 9.17) is 4.74 Å². The molecule has 0 aliphatic heterocycles. The van der Waals surface area contributed by atoms with E-state index in [0.717, 1.165) is 0 Å². The van der Waals surface area contributed by atoms with E-state index in [1.165, 1.54) is 37.4 Å². The highest BCUT2D eigenvalue weighted by molar-refractivity contribution is 5.94. The van der Waals surface area contributed by atoms with Crippen molar-refractivity contribution < 1.29 is 18.7 Å². The van der Waals surface area contributed by atoms with Crippen LogP contribution in [0.3, 0.4) is 0 Å². The molecule has 6 heteroatoms. The molecule has 1 rings (SSSR count). The lowest BCUT2D eigenvalue weighted by Gasteiger charge is -2.00. The number of halogens is 1. The first-order valence-electron chi connectivity index (χ1n) is 5.26. The summed E-state index contributed by atoms with van der Waals surface area (Å²) >= 11 is 0. The van der Waals surface area contributed by atoms with Crippen LogP contribution in [-0.2, 0) is 14.3 Å². The van der Waals surface area contributed by atoms with Gasteiger partial charge < -0.3 is 4.74 Å². The van der Waals surface area contributed by atoms with Gasteiger partial charge in [-0.3, -0.25) is 15.0 Å². The fourth-order valence-corrected chi connectivity index (χ4v) is 1.07. The summed E-state index contributed by atoms with van der Waals surface area (Å²) in [5.41, 5.74) is 3.24. The number of anilines is 1. The van der Waals surface area contributed by atoms with Gasteiger partial charge in [0, 0.05) is 0 Å². The SMILES string of the molecule is CC(=O)CC(=O)OCC=NNc1ccc(F)cc1. The smallest absolute Gasteiger partial charge is 0.313 e. The third-order valence-corrected chi connectivity index (χ3v) is 1.84. The lowest BCUT2D eigenvalue weighted by molar-refractivity contribution is -0.144. The number of carbonyl (C=O) groups is 2. The first kappa shape index (κ1) is 13.8. The van der Waals surface area contributed by atoms with Gasteiger partial charge in [0.15, 0.2) is 0 Å². The molecule has 0 saturated heterocycles. The number of Topliss-reactive ketones (excluding diaryl/α,β-unsaturated/α-hetero) is 1. The van der Waals surface area contributed by atoms with E-state index in [2.05, 4.69) is 10.5 Å². The van der Waals surface area contributed by atoms with E-state index in [1.807, 2.05) is 0 Å². The number of hydrogen-bond donors (Lipinski definition) is 1. The first-order chi connectivity index (χ1) is 8.58. The van der Waals surface area contributed by atoms with E-state index < -0.39 is 5.97 Å². The van der Waals surface area contributed by atoms with Crippen molar-refractivity contribution in [3.8, 4) is 0 Å². The molecule has 0 saturated carbocycles. The van der Waals surface area contributed by atoms with E-state index in [1.54, 1.807) is 0 Å². The number of benzene rings is 1. The Labute approximate surface area is 104 Å². The van der Waals surface area contributed by atoms with E-state index in [-0.39, 0.29) is 24.6 Å². The van der Waals surface area contributed by atoms with Gasteiger partial charge in [-0.15, -0.1) is 0 Å². The summed E-state index contributed by atoms with van der Waals surface area (Å²) in [6.07, 6.45) is 1.10. The molecule has 1 aromatic rings. The molecule has 0 aliphatic carbocycles. The summed E-state index contributed by atoms with van der Waals surface area (Å²) in [4.78, 5) is 21.5. The highest BCUT2D eigenvalue weighted by atomic mass is 19.1. The van der Waals surface area contributed by atoms with Crippen molar-refractivity contribution in [2.75, 3.05) is 12.0 Å². The molecule has 0 unspecified atom stereocenters. The summed E-state index contributed by atoms with van der Waals surface area (Å²) < 4.78 is 17.3. The minimum Gasteiger partial charge on any atom is -0.459 e. The molecule has 0 aromatic heterocycles. The number of hydrogen-bond acceptors (Lipinski definition) is 5. The molecule has 0 heterocycles. The minimum absolute atomic E-state index is 0.0275. The van der Waals surface area contributed by atoms with Gasteiger partial charge in [0.25, 0.3) is 0 Å². The van der Waals surface area contributed by atoms with Gasteiger partial charge in [-0.05, 0) is 31.2 Å². The predicted molar refractivity (Wildman–Crippen MR) is 64.8 cm³/mol. The van der Waals surface area contributed by atoms with Crippen LogP contribution in [0.25, 0.3) is 0 Å². The molecular formula is C12H13FN2O3. The molecule has 1 N–H and O–H groups in total. The zero-order valence-corrected chi connectivity index (χ0v) is 9.85. The zero-order chi connectivity index (χ0) is 13.4. The van der Waals surface area contributed by atoms with Crippen molar-refractivity contribution in [1.29, 1.82) is 0 Å². The van der Waals surface area contributed by atoms with Crippen molar-refractivity contribution in [1.82, 2.24) is 0 Å². The van der Waals surface area contributed by atoms with Crippen molar-refractivity contribution >= 4 is 23.7 Å².